The van der Waals surface area contributed by atoms with Crippen LogP contribution in [0, 0.1) is 0 Å². The van der Waals surface area contributed by atoms with Crippen LogP contribution < -0.4 is 10.4 Å². The van der Waals surface area contributed by atoms with Crippen LogP contribution in [0.2, 0.25) is 22.2 Å². The minimum Gasteiger partial charge on any atom is -0.353 e. The lowest BCUT2D eigenvalue weighted by Crippen LogP contribution is -2.49. The minimum absolute atomic E-state index is 0.0328. The molecule has 2 aliphatic heterocycles. The Labute approximate surface area is 277 Å². The maximum Gasteiger partial charge on any atom is 0.282 e. The Morgan fingerprint density at radius 3 is 1.64 bits per heavy atom. The van der Waals surface area contributed by atoms with Gasteiger partial charge in [-0.1, -0.05) is 109 Å². The standard InChI is InChI=1S/C19H31FO2Si.C19H32O2Si/c1-15(2)23(20,16(3)4)18-9-7-8-17(14-18)11-13-22-19-10-5-6-12-21-19;1-15(2)22(16(3)4)18-9-7-8-17(14-18)11-13-21-19-10-5-6-12-20-19/h7-9,14-16,19H,5-6,10-13H2,1-4H3;7-9,14-16,19,22H,5-6,10-13H2,1-4H3. The Bertz CT molecular complexity index is 1080. The summed E-state index contributed by atoms with van der Waals surface area (Å²) in [4.78, 5) is 0. The fourth-order valence-corrected chi connectivity index (χ4v) is 14.3. The van der Waals surface area contributed by atoms with E-state index in [-0.39, 0.29) is 23.7 Å². The summed E-state index contributed by atoms with van der Waals surface area (Å²) in [6.45, 7) is 20.7. The molecule has 2 aromatic rings. The van der Waals surface area contributed by atoms with Gasteiger partial charge in [-0.15, -0.1) is 0 Å². The lowest BCUT2D eigenvalue weighted by Gasteiger charge is -2.31. The first-order chi connectivity index (χ1) is 21.5. The molecule has 4 rings (SSSR count). The van der Waals surface area contributed by atoms with Crippen molar-refractivity contribution in [3.63, 3.8) is 0 Å². The van der Waals surface area contributed by atoms with Crippen LogP contribution >= 0.6 is 0 Å². The van der Waals surface area contributed by atoms with Crippen LogP contribution in [0.1, 0.15) is 105 Å². The van der Waals surface area contributed by atoms with E-state index in [1.165, 1.54) is 24.8 Å². The highest BCUT2D eigenvalue weighted by molar-refractivity contribution is 6.88. The second-order valence-electron chi connectivity index (χ2n) is 14.4. The van der Waals surface area contributed by atoms with Crippen LogP contribution in [-0.4, -0.2) is 56.2 Å². The zero-order valence-electron chi connectivity index (χ0n) is 29.7. The molecule has 2 aliphatic rings. The molecule has 0 aromatic heterocycles. The molecule has 2 aromatic carbocycles. The molecule has 0 saturated carbocycles. The number of benzene rings is 2. The fraction of sp³-hybridized carbons (Fsp3) is 0.684. The van der Waals surface area contributed by atoms with Gasteiger partial charge in [0.05, 0.1) is 22.0 Å². The zero-order valence-corrected chi connectivity index (χ0v) is 31.8. The molecular formula is C38H63FO4Si2. The molecule has 0 bridgehead atoms. The number of rotatable bonds is 14. The van der Waals surface area contributed by atoms with Crippen molar-refractivity contribution in [1.29, 1.82) is 0 Å². The minimum atomic E-state index is -2.95. The van der Waals surface area contributed by atoms with E-state index in [9.17, 15) is 0 Å². The number of hydrogen-bond donors (Lipinski definition) is 0. The van der Waals surface area contributed by atoms with Gasteiger partial charge in [0.1, 0.15) is 0 Å². The van der Waals surface area contributed by atoms with E-state index in [0.717, 1.165) is 73.8 Å². The molecule has 7 heteroatoms. The highest BCUT2D eigenvalue weighted by atomic mass is 28.4. The molecule has 2 fully saturated rings. The van der Waals surface area contributed by atoms with Crippen molar-refractivity contribution in [2.75, 3.05) is 26.4 Å². The molecule has 0 N–H and O–H groups in total. The summed E-state index contributed by atoms with van der Waals surface area (Å²) in [5, 5.41) is 2.53. The second kappa shape index (κ2) is 19.5. The molecule has 0 aliphatic carbocycles. The Kier molecular flexibility index (Phi) is 16.5. The molecule has 45 heavy (non-hydrogen) atoms. The van der Waals surface area contributed by atoms with E-state index in [4.69, 9.17) is 18.9 Å². The maximum absolute atomic E-state index is 15.6. The van der Waals surface area contributed by atoms with Gasteiger partial charge in [-0.3, -0.25) is 0 Å². The molecule has 2 saturated heterocycles. The van der Waals surface area contributed by atoms with E-state index in [1.807, 2.05) is 39.8 Å². The van der Waals surface area contributed by atoms with Crippen molar-refractivity contribution >= 4 is 27.6 Å². The van der Waals surface area contributed by atoms with Gasteiger partial charge in [-0.2, -0.15) is 0 Å². The summed E-state index contributed by atoms with van der Waals surface area (Å²) >= 11 is 0. The van der Waals surface area contributed by atoms with Gasteiger partial charge in [0.15, 0.2) is 12.6 Å². The predicted molar refractivity (Wildman–Crippen MR) is 193 cm³/mol. The third kappa shape index (κ3) is 12.0. The lowest BCUT2D eigenvalue weighted by molar-refractivity contribution is -0.161. The Morgan fingerprint density at radius 2 is 1.20 bits per heavy atom. The van der Waals surface area contributed by atoms with E-state index in [1.54, 1.807) is 5.19 Å². The first-order valence-corrected chi connectivity index (χ1v) is 21.8. The molecule has 0 radical (unpaired) electrons. The third-order valence-corrected chi connectivity index (χ3v) is 18.0. The van der Waals surface area contributed by atoms with Gasteiger partial charge < -0.3 is 23.1 Å². The molecule has 0 spiro atoms. The number of ether oxygens (including phenoxy) is 4. The fourth-order valence-electron chi connectivity index (χ4n) is 7.10. The number of hydrogen-bond acceptors (Lipinski definition) is 4. The average molecular weight is 659 g/mol. The molecule has 2 atom stereocenters. The monoisotopic (exact) mass is 658 g/mol. The van der Waals surface area contributed by atoms with Gasteiger partial charge in [0.25, 0.3) is 8.41 Å². The van der Waals surface area contributed by atoms with Crippen LogP contribution in [0.5, 0.6) is 0 Å². The predicted octanol–water partition coefficient (Wildman–Crippen LogP) is 8.74. The summed E-state index contributed by atoms with van der Waals surface area (Å²) in [6, 6.07) is 17.3. The molecule has 2 heterocycles. The first kappa shape index (κ1) is 38.1. The molecule has 4 nitrogen and oxygen atoms in total. The van der Waals surface area contributed by atoms with Crippen LogP contribution in [0.4, 0.5) is 4.11 Å². The van der Waals surface area contributed by atoms with E-state index < -0.39 is 17.2 Å². The van der Waals surface area contributed by atoms with Crippen molar-refractivity contribution in [1.82, 2.24) is 0 Å². The summed E-state index contributed by atoms with van der Waals surface area (Å²) in [6.07, 6.45) is 8.55. The molecule has 0 amide bonds. The maximum atomic E-state index is 15.6. The first-order valence-electron chi connectivity index (χ1n) is 17.9. The Morgan fingerprint density at radius 1 is 0.711 bits per heavy atom. The van der Waals surface area contributed by atoms with Crippen molar-refractivity contribution in [3.05, 3.63) is 59.7 Å². The SMILES string of the molecule is CC(C)[SiH](c1cccc(CCOC2CCCCO2)c1)C(C)C.CC(C)[Si](F)(c1cccc(CCOC2CCCCO2)c1)C(C)C. The van der Waals surface area contributed by atoms with E-state index in [2.05, 4.69) is 64.1 Å². The zero-order chi connectivity index (χ0) is 32.8. The summed E-state index contributed by atoms with van der Waals surface area (Å²) in [5.41, 5.74) is 4.36. The quantitative estimate of drug-likeness (QED) is 0.150. The van der Waals surface area contributed by atoms with Gasteiger partial charge in [0, 0.05) is 13.2 Å². The van der Waals surface area contributed by atoms with Gasteiger partial charge >= 0.3 is 0 Å². The van der Waals surface area contributed by atoms with Crippen LogP contribution in [0.15, 0.2) is 48.5 Å². The van der Waals surface area contributed by atoms with E-state index in [0.29, 0.717) is 6.61 Å². The largest absolute Gasteiger partial charge is 0.353 e. The Balaban J connectivity index is 0.000000246. The Hall–Kier alpha value is -1.36. The second-order valence-corrected chi connectivity index (χ2v) is 23.2. The summed E-state index contributed by atoms with van der Waals surface area (Å²) in [7, 11) is -3.84. The smallest absolute Gasteiger partial charge is 0.282 e. The third-order valence-electron chi connectivity index (χ3n) is 9.49. The summed E-state index contributed by atoms with van der Waals surface area (Å²) < 4.78 is 38.5. The van der Waals surface area contributed by atoms with Gasteiger partial charge in [-0.25, -0.2) is 0 Å². The van der Waals surface area contributed by atoms with Crippen molar-refractivity contribution in [2.45, 2.75) is 142 Å². The molecule has 2 unspecified atom stereocenters. The lowest BCUT2D eigenvalue weighted by atomic mass is 10.1. The summed E-state index contributed by atoms with van der Waals surface area (Å²) in [5.74, 6) is 0. The van der Waals surface area contributed by atoms with E-state index >= 15 is 4.11 Å². The van der Waals surface area contributed by atoms with Crippen LogP contribution in [0.25, 0.3) is 0 Å². The highest BCUT2D eigenvalue weighted by Gasteiger charge is 2.43. The number of halogens is 1. The highest BCUT2D eigenvalue weighted by Crippen LogP contribution is 2.33. The average Bonchev–Trinajstić information content (AvgIpc) is 3.02. The van der Waals surface area contributed by atoms with Gasteiger partial charge in [0.2, 0.25) is 0 Å². The normalized spacial score (nSPS) is 19.4. The van der Waals surface area contributed by atoms with Crippen molar-refractivity contribution in [2.24, 2.45) is 0 Å². The van der Waals surface area contributed by atoms with Crippen LogP contribution in [0.3, 0.4) is 0 Å². The van der Waals surface area contributed by atoms with Crippen LogP contribution in [-0.2, 0) is 31.8 Å². The molecular weight excluding hydrogens is 596 g/mol. The van der Waals surface area contributed by atoms with Crippen molar-refractivity contribution in [3.8, 4) is 0 Å². The van der Waals surface area contributed by atoms with Gasteiger partial charge in [-0.05, 0) is 89.8 Å². The van der Waals surface area contributed by atoms with Crippen molar-refractivity contribution < 1.29 is 23.1 Å². The molecule has 254 valence electrons. The topological polar surface area (TPSA) is 36.9 Å².